The van der Waals surface area contributed by atoms with Crippen LogP contribution in [0.1, 0.15) is 44.1 Å². The molecular weight excluding hydrogens is 340 g/mol. The first-order chi connectivity index (χ1) is 12.2. The number of hydrogen-bond acceptors (Lipinski definition) is 4. The number of halogens is 1. The van der Waals surface area contributed by atoms with Gasteiger partial charge in [0.1, 0.15) is 11.6 Å². The first-order valence-corrected chi connectivity index (χ1v) is 9.07. The molecule has 132 valence electrons. The molecule has 5 nitrogen and oxygen atoms in total. The largest absolute Gasteiger partial charge is 0.489 e. The van der Waals surface area contributed by atoms with Crippen molar-refractivity contribution in [1.29, 1.82) is 5.26 Å². The third-order valence-electron chi connectivity index (χ3n) is 4.44. The number of rotatable bonds is 3. The van der Waals surface area contributed by atoms with Gasteiger partial charge in [-0.05, 0) is 36.6 Å². The topological polar surface area (TPSA) is 71.3 Å². The molecule has 1 amide bonds. The molecule has 0 atom stereocenters. The average molecular weight is 361 g/mol. The van der Waals surface area contributed by atoms with E-state index in [2.05, 4.69) is 5.32 Å². The van der Waals surface area contributed by atoms with Crippen LogP contribution in [0.3, 0.4) is 0 Å². The Morgan fingerprint density at radius 3 is 2.72 bits per heavy atom. The molecule has 0 aromatic heterocycles. The van der Waals surface area contributed by atoms with Gasteiger partial charge in [-0.3, -0.25) is 4.79 Å². The van der Waals surface area contributed by atoms with Crippen LogP contribution >= 0.6 is 11.6 Å². The Hall–Kier alpha value is -2.19. The van der Waals surface area contributed by atoms with E-state index in [-0.39, 0.29) is 17.5 Å². The lowest BCUT2D eigenvalue weighted by molar-refractivity contribution is -0.117. The smallest absolute Gasteiger partial charge is 0.262 e. The van der Waals surface area contributed by atoms with Gasteiger partial charge < -0.3 is 14.8 Å². The summed E-state index contributed by atoms with van der Waals surface area (Å²) in [5.74, 6) is 0.723. The molecule has 1 fully saturated rings. The second kappa shape index (κ2) is 8.26. The highest BCUT2D eigenvalue weighted by atomic mass is 35.5. The van der Waals surface area contributed by atoms with Crippen LogP contribution < -0.4 is 14.8 Å². The van der Waals surface area contributed by atoms with E-state index in [0.717, 1.165) is 32.1 Å². The first kappa shape index (κ1) is 17.6. The molecule has 1 N–H and O–H groups in total. The third-order valence-corrected chi connectivity index (χ3v) is 4.72. The van der Waals surface area contributed by atoms with E-state index in [1.54, 1.807) is 18.2 Å². The van der Waals surface area contributed by atoms with Gasteiger partial charge in [0.15, 0.2) is 11.5 Å². The number of nitrogens with one attached hydrogen (secondary N) is 1. The number of benzene rings is 1. The van der Waals surface area contributed by atoms with E-state index in [4.69, 9.17) is 21.1 Å². The molecule has 0 unspecified atom stereocenters. The van der Waals surface area contributed by atoms with Gasteiger partial charge in [0.25, 0.3) is 5.91 Å². The van der Waals surface area contributed by atoms with Crippen molar-refractivity contribution in [1.82, 2.24) is 5.32 Å². The Bertz CT molecular complexity index is 718. The number of hydrogen-bond donors (Lipinski definition) is 1. The van der Waals surface area contributed by atoms with Crippen molar-refractivity contribution in [3.8, 4) is 17.6 Å². The number of fused-ring (bicyclic) bond motifs is 1. The second-order valence-electron chi connectivity index (χ2n) is 6.36. The summed E-state index contributed by atoms with van der Waals surface area (Å²) in [7, 11) is 0. The van der Waals surface area contributed by atoms with Crippen LogP contribution in [0, 0.1) is 11.3 Å². The number of carbonyl (C=O) groups is 1. The molecule has 1 heterocycles. The Morgan fingerprint density at radius 2 is 1.96 bits per heavy atom. The maximum atomic E-state index is 12.4. The Kier molecular flexibility index (Phi) is 5.83. The molecule has 0 saturated heterocycles. The van der Waals surface area contributed by atoms with Crippen LogP contribution in [0.15, 0.2) is 17.7 Å². The van der Waals surface area contributed by atoms with Crippen molar-refractivity contribution in [3.05, 3.63) is 28.3 Å². The van der Waals surface area contributed by atoms with Crippen molar-refractivity contribution >= 4 is 23.6 Å². The normalized spacial score (nSPS) is 18.2. The van der Waals surface area contributed by atoms with Gasteiger partial charge in [0.2, 0.25) is 0 Å². The molecule has 0 radical (unpaired) electrons. The molecule has 1 aliphatic carbocycles. The second-order valence-corrected chi connectivity index (χ2v) is 6.77. The van der Waals surface area contributed by atoms with Gasteiger partial charge in [0.05, 0.1) is 18.2 Å². The summed E-state index contributed by atoms with van der Waals surface area (Å²) in [5.41, 5.74) is 0.709. The number of carbonyl (C=O) groups excluding carboxylic acids is 1. The fourth-order valence-corrected chi connectivity index (χ4v) is 3.43. The number of ether oxygens (including phenoxy) is 2. The van der Waals surface area contributed by atoms with Crippen molar-refractivity contribution < 1.29 is 14.3 Å². The summed E-state index contributed by atoms with van der Waals surface area (Å²) >= 11 is 6.26. The number of nitriles is 1. The van der Waals surface area contributed by atoms with Gasteiger partial charge in [-0.25, -0.2) is 0 Å². The Labute approximate surface area is 152 Å². The molecule has 0 spiro atoms. The van der Waals surface area contributed by atoms with E-state index < -0.39 is 0 Å². The minimum absolute atomic E-state index is 0.0659. The zero-order valence-corrected chi connectivity index (χ0v) is 14.8. The molecule has 0 bridgehead atoms. The molecular formula is C19H21ClN2O3. The minimum Gasteiger partial charge on any atom is -0.489 e. The van der Waals surface area contributed by atoms with Crippen LogP contribution in [0.5, 0.6) is 11.5 Å². The molecule has 3 rings (SSSR count). The van der Waals surface area contributed by atoms with Crippen molar-refractivity contribution in [2.24, 2.45) is 0 Å². The highest BCUT2D eigenvalue weighted by Gasteiger charge is 2.19. The molecule has 1 aliphatic heterocycles. The molecule has 2 aliphatic rings. The summed E-state index contributed by atoms with van der Waals surface area (Å²) < 4.78 is 11.2. The van der Waals surface area contributed by atoms with Crippen molar-refractivity contribution in [2.45, 2.75) is 44.6 Å². The lowest BCUT2D eigenvalue weighted by Crippen LogP contribution is -2.36. The van der Waals surface area contributed by atoms with E-state index in [0.29, 0.717) is 35.3 Å². The highest BCUT2D eigenvalue weighted by molar-refractivity contribution is 6.32. The van der Waals surface area contributed by atoms with Gasteiger partial charge in [0, 0.05) is 12.5 Å². The number of amides is 1. The predicted octanol–water partition coefficient (Wildman–Crippen LogP) is 3.86. The quantitative estimate of drug-likeness (QED) is 0.656. The van der Waals surface area contributed by atoms with E-state index >= 15 is 0 Å². The molecule has 25 heavy (non-hydrogen) atoms. The molecule has 6 heteroatoms. The fourth-order valence-electron chi connectivity index (χ4n) is 3.16. The van der Waals surface area contributed by atoms with Crippen LogP contribution in [-0.4, -0.2) is 25.2 Å². The zero-order chi connectivity index (χ0) is 17.6. The van der Waals surface area contributed by atoms with Crippen LogP contribution in [0.25, 0.3) is 6.08 Å². The summed E-state index contributed by atoms with van der Waals surface area (Å²) in [6, 6.07) is 5.57. The summed E-state index contributed by atoms with van der Waals surface area (Å²) in [6.07, 6.45) is 7.72. The van der Waals surface area contributed by atoms with Crippen LogP contribution in [0.4, 0.5) is 0 Å². The van der Waals surface area contributed by atoms with E-state index in [1.807, 2.05) is 6.07 Å². The average Bonchev–Trinajstić information content (AvgIpc) is 2.86. The Balaban J connectivity index is 1.79. The summed E-state index contributed by atoms with van der Waals surface area (Å²) in [5, 5.41) is 12.7. The zero-order valence-electron chi connectivity index (χ0n) is 14.0. The van der Waals surface area contributed by atoms with Gasteiger partial charge in [-0.2, -0.15) is 5.26 Å². The van der Waals surface area contributed by atoms with E-state index in [9.17, 15) is 10.1 Å². The van der Waals surface area contributed by atoms with Gasteiger partial charge >= 0.3 is 0 Å². The minimum atomic E-state index is -0.336. The van der Waals surface area contributed by atoms with E-state index in [1.165, 1.54) is 6.42 Å². The first-order valence-electron chi connectivity index (χ1n) is 8.69. The Morgan fingerprint density at radius 1 is 1.20 bits per heavy atom. The molecule has 1 saturated carbocycles. The summed E-state index contributed by atoms with van der Waals surface area (Å²) in [4.78, 5) is 12.4. The SMILES string of the molecule is N#C/C(=C\c1cc(Cl)c2c(c1)OCCCO2)C(=O)NC1CCCCC1. The molecule has 1 aromatic carbocycles. The fraction of sp³-hybridized carbons (Fsp3) is 0.474. The highest BCUT2D eigenvalue weighted by Crippen LogP contribution is 2.38. The predicted molar refractivity (Wildman–Crippen MR) is 95.7 cm³/mol. The summed E-state index contributed by atoms with van der Waals surface area (Å²) in [6.45, 7) is 1.10. The lowest BCUT2D eigenvalue weighted by Gasteiger charge is -2.22. The third kappa shape index (κ3) is 4.46. The van der Waals surface area contributed by atoms with Gasteiger partial charge in [-0.15, -0.1) is 0 Å². The van der Waals surface area contributed by atoms with Crippen LogP contribution in [0.2, 0.25) is 5.02 Å². The maximum Gasteiger partial charge on any atom is 0.262 e. The number of nitrogens with zero attached hydrogens (tertiary/aromatic N) is 1. The van der Waals surface area contributed by atoms with Gasteiger partial charge in [-0.1, -0.05) is 30.9 Å². The monoisotopic (exact) mass is 360 g/mol. The van der Waals surface area contributed by atoms with Crippen molar-refractivity contribution in [3.63, 3.8) is 0 Å². The van der Waals surface area contributed by atoms with Crippen molar-refractivity contribution in [2.75, 3.05) is 13.2 Å². The van der Waals surface area contributed by atoms with Crippen LogP contribution in [-0.2, 0) is 4.79 Å². The standard InChI is InChI=1S/C19H21ClN2O3/c20-16-10-13(11-17-18(16)25-8-4-7-24-17)9-14(12-21)19(23)22-15-5-2-1-3-6-15/h9-11,15H,1-8H2,(H,22,23)/b14-9+. The lowest BCUT2D eigenvalue weighted by atomic mass is 9.95. The molecule has 1 aromatic rings. The maximum absolute atomic E-state index is 12.4.